The zero-order chi connectivity index (χ0) is 56.2. The first-order chi connectivity index (χ1) is 37.6. The molecule has 0 saturated carbocycles. The summed E-state index contributed by atoms with van der Waals surface area (Å²) in [7, 11) is 5.95. The molecule has 2 atom stereocenters. The summed E-state index contributed by atoms with van der Waals surface area (Å²) in [5, 5.41) is 9.72. The van der Waals surface area contributed by atoms with Crippen LogP contribution in [0.1, 0.15) is 219 Å². The number of hydrogen-bond donors (Lipinski definition) is 1. The Hall–Kier alpha value is -4.57. The van der Waals surface area contributed by atoms with Crippen molar-refractivity contribution in [2.45, 2.75) is 232 Å². The molecule has 0 aromatic carbocycles. The highest BCUT2D eigenvalue weighted by Crippen LogP contribution is 2.15. The number of carbonyl (C=O) groups excluding carboxylic acids is 2. The molecule has 0 aliphatic carbocycles. The van der Waals surface area contributed by atoms with Crippen LogP contribution < -0.4 is 0 Å². The summed E-state index contributed by atoms with van der Waals surface area (Å²) in [5.41, 5.74) is 0. The van der Waals surface area contributed by atoms with Crippen molar-refractivity contribution in [2.24, 2.45) is 0 Å². The molecule has 0 saturated heterocycles. The summed E-state index contributed by atoms with van der Waals surface area (Å²) in [6.45, 7) is 4.60. The van der Waals surface area contributed by atoms with Gasteiger partial charge >= 0.3 is 17.9 Å². The minimum absolute atomic E-state index is 0.174. The highest BCUT2D eigenvalue weighted by Gasteiger charge is 2.25. The van der Waals surface area contributed by atoms with Crippen LogP contribution in [-0.2, 0) is 33.3 Å². The lowest BCUT2D eigenvalue weighted by Crippen LogP contribution is -2.40. The molecule has 0 heterocycles. The number of esters is 2. The van der Waals surface area contributed by atoms with E-state index < -0.39 is 24.3 Å². The third-order valence-corrected chi connectivity index (χ3v) is 12.4. The predicted molar refractivity (Wildman–Crippen MR) is 327 cm³/mol. The Morgan fingerprint density at radius 1 is 0.390 bits per heavy atom. The number of aliphatic carboxylic acids is 1. The third kappa shape index (κ3) is 58.9. The molecule has 436 valence electrons. The van der Waals surface area contributed by atoms with Gasteiger partial charge in [-0.1, -0.05) is 231 Å². The molecule has 0 aliphatic heterocycles. The number of likely N-dealkylation sites (N-methyl/N-ethyl adjacent to an activating group) is 1. The van der Waals surface area contributed by atoms with Crippen molar-refractivity contribution >= 4 is 17.9 Å². The van der Waals surface area contributed by atoms with Crippen molar-refractivity contribution in [1.29, 1.82) is 0 Å². The summed E-state index contributed by atoms with van der Waals surface area (Å²) < 4.78 is 22.9. The number of carboxylic acids is 1. The molecule has 0 aromatic rings. The maximum absolute atomic E-state index is 12.9. The lowest BCUT2D eigenvalue weighted by atomic mass is 10.0. The van der Waals surface area contributed by atoms with Gasteiger partial charge in [0.2, 0.25) is 0 Å². The molecule has 0 aromatic heterocycles. The van der Waals surface area contributed by atoms with Crippen LogP contribution in [0.2, 0.25) is 0 Å². The minimum Gasteiger partial charge on any atom is -0.477 e. The Labute approximate surface area is 471 Å². The van der Waals surface area contributed by atoms with Gasteiger partial charge in [0.05, 0.1) is 34.4 Å². The van der Waals surface area contributed by atoms with Gasteiger partial charge in [0.15, 0.2) is 6.10 Å². The Morgan fingerprint density at radius 2 is 0.701 bits per heavy atom. The zero-order valence-electron chi connectivity index (χ0n) is 49.6. The van der Waals surface area contributed by atoms with Crippen LogP contribution in [0.25, 0.3) is 0 Å². The number of carbonyl (C=O) groups is 3. The molecule has 2 unspecified atom stereocenters. The van der Waals surface area contributed by atoms with Crippen molar-refractivity contribution < 1.29 is 42.9 Å². The summed E-state index contributed by atoms with van der Waals surface area (Å²) in [6, 6.07) is 0. The number of unbranched alkanes of at least 4 members (excludes halogenated alkanes) is 17. The second-order valence-corrected chi connectivity index (χ2v) is 20.9. The molecule has 77 heavy (non-hydrogen) atoms. The lowest BCUT2D eigenvalue weighted by molar-refractivity contribution is -0.870. The Kier molecular flexibility index (Phi) is 54.2. The highest BCUT2D eigenvalue weighted by atomic mass is 16.7. The van der Waals surface area contributed by atoms with E-state index in [9.17, 15) is 19.5 Å². The minimum atomic E-state index is -1.53. The van der Waals surface area contributed by atoms with Gasteiger partial charge in [-0.2, -0.15) is 0 Å². The summed E-state index contributed by atoms with van der Waals surface area (Å²) in [5.74, 6) is -2.06. The first-order valence-electron chi connectivity index (χ1n) is 30.3. The quantitative estimate of drug-likeness (QED) is 0.0211. The molecule has 1 N–H and O–H groups in total. The molecule has 0 amide bonds. The van der Waals surface area contributed by atoms with Crippen molar-refractivity contribution in [1.82, 2.24) is 0 Å². The van der Waals surface area contributed by atoms with Crippen LogP contribution in [-0.4, -0.2) is 87.4 Å². The van der Waals surface area contributed by atoms with Crippen molar-refractivity contribution in [2.75, 3.05) is 47.5 Å². The number of quaternary nitrogens is 1. The highest BCUT2D eigenvalue weighted by molar-refractivity contribution is 5.71. The first kappa shape index (κ1) is 72.4. The Balaban J connectivity index is 4.31. The van der Waals surface area contributed by atoms with Gasteiger partial charge in [-0.15, -0.1) is 0 Å². The fourth-order valence-corrected chi connectivity index (χ4v) is 7.81. The Morgan fingerprint density at radius 3 is 1.05 bits per heavy atom. The van der Waals surface area contributed by atoms with Crippen LogP contribution >= 0.6 is 0 Å². The average Bonchev–Trinajstić information content (AvgIpc) is 3.40. The fourth-order valence-electron chi connectivity index (χ4n) is 7.81. The second kappa shape index (κ2) is 57.6. The largest absolute Gasteiger partial charge is 0.477 e. The first-order valence-corrected chi connectivity index (χ1v) is 30.3. The molecule has 0 radical (unpaired) electrons. The fraction of sp³-hybridized carbons (Fsp3) is 0.632. The van der Waals surface area contributed by atoms with Crippen LogP contribution in [0.15, 0.2) is 134 Å². The topological polar surface area (TPSA) is 108 Å². The van der Waals surface area contributed by atoms with E-state index in [4.69, 9.17) is 18.9 Å². The molecule has 9 nitrogen and oxygen atoms in total. The van der Waals surface area contributed by atoms with Gasteiger partial charge in [0, 0.05) is 12.8 Å². The van der Waals surface area contributed by atoms with E-state index in [1.165, 1.54) is 77.0 Å². The molecule has 0 fully saturated rings. The number of nitrogens with zero attached hydrogens (tertiary/aromatic N) is 1. The number of hydrogen-bond acceptors (Lipinski definition) is 7. The van der Waals surface area contributed by atoms with E-state index >= 15 is 0 Å². The summed E-state index contributed by atoms with van der Waals surface area (Å²) in [6.07, 6.45) is 79.6. The standard InChI is InChI=1S/C68H111NO8/c1-6-8-10-12-14-16-18-20-22-24-26-28-30-32-33-35-36-38-40-42-44-46-48-50-52-54-56-58-65(70)75-62-64(63-76-68(67(72)73)74-61-60-69(3,4)5)77-66(71)59-57-55-53-51-49-47-45-43-41-39-37-34-31-29-27-25-23-21-19-17-15-13-11-9-7-2/h8-11,14-17,20-23,26-29,34,37,41,43,47,49,64,68H,6-7,12-13,18-19,24-25,30-33,35-36,38-40,42,44-46,48,50-63H2,1-5H3/p+1/b10-8-,11-9-,16-14-,17-15-,22-20-,23-21-,28-26-,29-27-,37-34-,43-41-,49-47-. The SMILES string of the molecule is CC/C=C\C/C=C\C/C=C\C/C=C\C/C=C\C/C=C\C/C=C\CCCCCC(=O)OC(COC(=O)CCCCCCCCCCCCCCCC/C=C\C/C=C\C/C=C\C/C=C\CC)COC(OCC[N+](C)(C)C)C(=O)O. The maximum atomic E-state index is 12.9. The maximum Gasteiger partial charge on any atom is 0.361 e. The van der Waals surface area contributed by atoms with Crippen molar-refractivity contribution in [3.05, 3.63) is 134 Å². The Bertz CT molecular complexity index is 1720. The number of ether oxygens (including phenoxy) is 4. The molecule has 9 heteroatoms. The predicted octanol–water partition coefficient (Wildman–Crippen LogP) is 18.2. The summed E-state index contributed by atoms with van der Waals surface area (Å²) >= 11 is 0. The van der Waals surface area contributed by atoms with E-state index in [-0.39, 0.29) is 38.6 Å². The molecule has 0 aliphatic rings. The lowest BCUT2D eigenvalue weighted by Gasteiger charge is -2.25. The average molecular weight is 1070 g/mol. The molecule has 0 spiro atoms. The molecular weight excluding hydrogens is 959 g/mol. The monoisotopic (exact) mass is 1070 g/mol. The number of allylic oxidation sites excluding steroid dienone is 22. The third-order valence-electron chi connectivity index (χ3n) is 12.4. The van der Waals surface area contributed by atoms with Gasteiger partial charge < -0.3 is 28.5 Å². The van der Waals surface area contributed by atoms with Crippen LogP contribution in [0, 0.1) is 0 Å². The van der Waals surface area contributed by atoms with E-state index in [1.807, 2.05) is 21.1 Å². The zero-order valence-corrected chi connectivity index (χ0v) is 49.6. The van der Waals surface area contributed by atoms with Gasteiger partial charge in [0.1, 0.15) is 13.2 Å². The van der Waals surface area contributed by atoms with E-state index in [0.29, 0.717) is 17.4 Å². The summed E-state index contributed by atoms with van der Waals surface area (Å²) in [4.78, 5) is 37.5. The van der Waals surface area contributed by atoms with Gasteiger partial charge in [-0.3, -0.25) is 9.59 Å². The van der Waals surface area contributed by atoms with Gasteiger partial charge in [-0.25, -0.2) is 4.79 Å². The second-order valence-electron chi connectivity index (χ2n) is 20.9. The number of rotatable bonds is 54. The van der Waals surface area contributed by atoms with Crippen LogP contribution in [0.4, 0.5) is 0 Å². The van der Waals surface area contributed by atoms with Gasteiger partial charge in [-0.05, 0) is 109 Å². The van der Waals surface area contributed by atoms with E-state index in [1.54, 1.807) is 0 Å². The number of carboxylic acid groups (broad SMARTS) is 1. The van der Waals surface area contributed by atoms with Gasteiger partial charge in [0.25, 0.3) is 6.29 Å². The smallest absolute Gasteiger partial charge is 0.361 e. The van der Waals surface area contributed by atoms with E-state index in [2.05, 4.69) is 148 Å². The molecule has 0 bridgehead atoms. The van der Waals surface area contributed by atoms with Crippen molar-refractivity contribution in [3.63, 3.8) is 0 Å². The van der Waals surface area contributed by atoms with E-state index in [0.717, 1.165) is 109 Å². The molecular formula is C68H112NO8+. The van der Waals surface area contributed by atoms with Crippen LogP contribution in [0.5, 0.6) is 0 Å². The normalized spacial score (nSPS) is 13.7. The molecule has 0 rings (SSSR count). The van der Waals surface area contributed by atoms with Crippen molar-refractivity contribution in [3.8, 4) is 0 Å². The van der Waals surface area contributed by atoms with Crippen LogP contribution in [0.3, 0.4) is 0 Å².